The Hall–Kier alpha value is -1.81. The van der Waals surface area contributed by atoms with Gasteiger partial charge in [-0.05, 0) is 35.6 Å². The molecule has 0 radical (unpaired) electrons. The minimum atomic E-state index is -0.232. The highest BCUT2D eigenvalue weighted by Crippen LogP contribution is 2.37. The molecule has 1 N–H and O–H groups in total. The number of rotatable bonds is 1. The van der Waals surface area contributed by atoms with Crippen molar-refractivity contribution in [1.82, 2.24) is 4.57 Å². The van der Waals surface area contributed by atoms with Crippen molar-refractivity contribution in [3.63, 3.8) is 0 Å². The third kappa shape index (κ3) is 2.68. The average Bonchev–Trinajstić information content (AvgIpc) is 2.38. The lowest BCUT2D eigenvalue weighted by Crippen LogP contribution is -2.25. The van der Waals surface area contributed by atoms with Crippen LogP contribution in [-0.4, -0.2) is 9.67 Å². The van der Waals surface area contributed by atoms with Crippen LogP contribution in [-0.2, 0) is 6.42 Å². The average molecular weight is 346 g/mol. The van der Waals surface area contributed by atoms with Crippen LogP contribution in [0.25, 0.3) is 5.70 Å². The van der Waals surface area contributed by atoms with Gasteiger partial charge in [-0.25, -0.2) is 0 Å². The first-order valence-electron chi connectivity index (χ1n) is 6.79. The molecule has 1 heterocycles. The number of nitrogens with zero attached hydrogens (tertiary/aromatic N) is 1. The van der Waals surface area contributed by atoms with E-state index in [2.05, 4.69) is 41.9 Å². The predicted octanol–water partition coefficient (Wildman–Crippen LogP) is 3.79. The summed E-state index contributed by atoms with van der Waals surface area (Å²) in [5, 5.41) is 9.44. The third-order valence-electron chi connectivity index (χ3n) is 3.68. The van der Waals surface area contributed by atoms with Crippen molar-refractivity contribution in [2.45, 2.75) is 20.3 Å². The number of pyridine rings is 1. The van der Waals surface area contributed by atoms with Crippen molar-refractivity contribution in [2.24, 2.45) is 5.41 Å². The number of aromatic nitrogens is 1. The fourth-order valence-electron chi connectivity index (χ4n) is 2.80. The lowest BCUT2D eigenvalue weighted by Gasteiger charge is -2.30. The van der Waals surface area contributed by atoms with Crippen LogP contribution in [0.1, 0.15) is 25.0 Å². The second kappa shape index (κ2) is 4.88. The van der Waals surface area contributed by atoms with Crippen LogP contribution < -0.4 is 5.56 Å². The van der Waals surface area contributed by atoms with E-state index in [4.69, 9.17) is 0 Å². The topological polar surface area (TPSA) is 42.2 Å². The molecule has 1 aliphatic carbocycles. The van der Waals surface area contributed by atoms with Gasteiger partial charge in [-0.2, -0.15) is 0 Å². The van der Waals surface area contributed by atoms with Crippen molar-refractivity contribution in [3.8, 4) is 5.75 Å². The maximum Gasteiger partial charge on any atom is 0.258 e. The first-order chi connectivity index (χ1) is 9.85. The van der Waals surface area contributed by atoms with Gasteiger partial charge < -0.3 is 5.11 Å². The third-order valence-corrected chi connectivity index (χ3v) is 4.18. The van der Waals surface area contributed by atoms with Crippen molar-refractivity contribution < 1.29 is 5.11 Å². The van der Waals surface area contributed by atoms with Crippen molar-refractivity contribution in [2.75, 3.05) is 0 Å². The van der Waals surface area contributed by atoms with Crippen molar-refractivity contribution in [1.29, 1.82) is 0 Å². The summed E-state index contributed by atoms with van der Waals surface area (Å²) in [7, 11) is 0. The first kappa shape index (κ1) is 14.1. The van der Waals surface area contributed by atoms with E-state index in [1.54, 1.807) is 10.8 Å². The molecule has 108 valence electrons. The highest BCUT2D eigenvalue weighted by Gasteiger charge is 2.26. The van der Waals surface area contributed by atoms with E-state index in [1.807, 2.05) is 12.1 Å². The molecular formula is C17H16BrNO2. The summed E-state index contributed by atoms with van der Waals surface area (Å²) in [4.78, 5) is 12.2. The summed E-state index contributed by atoms with van der Waals surface area (Å²) in [6.45, 7) is 4.31. The molecule has 1 aliphatic rings. The Morgan fingerprint density at radius 2 is 2.00 bits per heavy atom. The fourth-order valence-corrected chi connectivity index (χ4v) is 3.16. The smallest absolute Gasteiger partial charge is 0.258 e. The van der Waals surface area contributed by atoms with Crippen LogP contribution in [0.2, 0.25) is 0 Å². The standard InChI is InChI=1S/C17H16BrNO2/c1-17(2)9-11-3-4-12(18)7-14(11)15(10-17)19-6-5-13(20)8-16(19)21/h3-8,10,20H,9H2,1-2H3. The lowest BCUT2D eigenvalue weighted by atomic mass is 9.78. The SMILES string of the molecule is CC1(C)C=C(n2ccc(O)cc2=O)c2cc(Br)ccc2C1. The zero-order chi connectivity index (χ0) is 15.2. The second-order valence-corrected chi connectivity index (χ2v) is 7.01. The molecule has 1 aromatic carbocycles. The van der Waals surface area contributed by atoms with Gasteiger partial charge in [-0.15, -0.1) is 0 Å². The van der Waals surface area contributed by atoms with Crippen molar-refractivity contribution in [3.05, 3.63) is 68.6 Å². The molecule has 3 nitrogen and oxygen atoms in total. The molecule has 0 atom stereocenters. The molecule has 0 spiro atoms. The first-order valence-corrected chi connectivity index (χ1v) is 7.59. The van der Waals surface area contributed by atoms with Crippen LogP contribution in [0, 0.1) is 5.41 Å². The van der Waals surface area contributed by atoms with Crippen LogP contribution >= 0.6 is 15.9 Å². The van der Waals surface area contributed by atoms with Crippen LogP contribution in [0.5, 0.6) is 5.75 Å². The molecule has 0 amide bonds. The number of hydrogen-bond donors (Lipinski definition) is 1. The summed E-state index contributed by atoms with van der Waals surface area (Å²) in [6, 6.07) is 8.92. The van der Waals surface area contributed by atoms with Gasteiger partial charge in [-0.3, -0.25) is 9.36 Å². The molecule has 0 bridgehead atoms. The van der Waals surface area contributed by atoms with Gasteiger partial charge in [0.2, 0.25) is 0 Å². The van der Waals surface area contributed by atoms with E-state index < -0.39 is 0 Å². The number of allylic oxidation sites excluding steroid dienone is 1. The predicted molar refractivity (Wildman–Crippen MR) is 87.4 cm³/mol. The summed E-state index contributed by atoms with van der Waals surface area (Å²) in [5.41, 5.74) is 2.89. The highest BCUT2D eigenvalue weighted by atomic mass is 79.9. The van der Waals surface area contributed by atoms with E-state index in [0.29, 0.717) is 0 Å². The summed E-state index contributed by atoms with van der Waals surface area (Å²) in [6.07, 6.45) is 4.68. The minimum Gasteiger partial charge on any atom is -0.508 e. The van der Waals surface area contributed by atoms with Crippen LogP contribution in [0.3, 0.4) is 0 Å². The lowest BCUT2D eigenvalue weighted by molar-refractivity contribution is 0.468. The van der Waals surface area contributed by atoms with E-state index >= 15 is 0 Å². The molecule has 21 heavy (non-hydrogen) atoms. The summed E-state index contributed by atoms with van der Waals surface area (Å²) < 4.78 is 2.57. The van der Waals surface area contributed by atoms with Gasteiger partial charge in [0.25, 0.3) is 5.56 Å². The zero-order valence-electron chi connectivity index (χ0n) is 11.9. The molecule has 0 saturated carbocycles. The quantitative estimate of drug-likeness (QED) is 0.854. The van der Waals surface area contributed by atoms with E-state index in [9.17, 15) is 9.90 Å². The molecule has 0 saturated heterocycles. The molecule has 4 heteroatoms. The van der Waals surface area contributed by atoms with Gasteiger partial charge in [0.05, 0.1) is 5.70 Å². The normalized spacial score (nSPS) is 16.2. The number of aromatic hydroxyl groups is 1. The Morgan fingerprint density at radius 3 is 2.71 bits per heavy atom. The molecule has 0 aliphatic heterocycles. The van der Waals surface area contributed by atoms with Crippen molar-refractivity contribution >= 4 is 21.6 Å². The maximum atomic E-state index is 12.2. The Kier molecular flexibility index (Phi) is 3.29. The largest absolute Gasteiger partial charge is 0.508 e. The monoisotopic (exact) mass is 345 g/mol. The number of halogens is 1. The molecular weight excluding hydrogens is 330 g/mol. The summed E-state index contributed by atoms with van der Waals surface area (Å²) in [5.74, 6) is -0.0126. The second-order valence-electron chi connectivity index (χ2n) is 6.09. The minimum absolute atomic E-state index is 0.0126. The molecule has 1 aromatic heterocycles. The molecule has 2 aromatic rings. The molecule has 3 rings (SSSR count). The molecule has 0 fully saturated rings. The number of fused-ring (bicyclic) bond motifs is 1. The fraction of sp³-hybridized carbons (Fsp3) is 0.235. The Labute approximate surface area is 131 Å². The van der Waals surface area contributed by atoms with Gasteiger partial charge >= 0.3 is 0 Å². The highest BCUT2D eigenvalue weighted by molar-refractivity contribution is 9.10. The Bertz CT molecular complexity index is 803. The number of hydrogen-bond acceptors (Lipinski definition) is 2. The van der Waals surface area contributed by atoms with Gasteiger partial charge in [-0.1, -0.05) is 41.9 Å². The molecule has 0 unspecified atom stereocenters. The Morgan fingerprint density at radius 1 is 1.24 bits per heavy atom. The van der Waals surface area contributed by atoms with E-state index in [-0.39, 0.29) is 16.7 Å². The summed E-state index contributed by atoms with van der Waals surface area (Å²) >= 11 is 3.49. The maximum absolute atomic E-state index is 12.2. The zero-order valence-corrected chi connectivity index (χ0v) is 13.5. The Balaban J connectivity index is 2.27. The van der Waals surface area contributed by atoms with E-state index in [1.165, 1.54) is 17.7 Å². The van der Waals surface area contributed by atoms with Gasteiger partial charge in [0.15, 0.2) is 0 Å². The van der Waals surface area contributed by atoms with Crippen LogP contribution in [0.4, 0.5) is 0 Å². The number of benzene rings is 1. The van der Waals surface area contributed by atoms with Gasteiger partial charge in [0, 0.05) is 22.3 Å². The van der Waals surface area contributed by atoms with E-state index in [0.717, 1.165) is 22.2 Å². The van der Waals surface area contributed by atoms with Crippen LogP contribution in [0.15, 0.2) is 51.9 Å². The van der Waals surface area contributed by atoms with Gasteiger partial charge in [0.1, 0.15) is 5.75 Å².